The maximum absolute atomic E-state index is 5.11. The second-order valence-electron chi connectivity index (χ2n) is 11.2. The van der Waals surface area contributed by atoms with E-state index in [4.69, 9.17) is 9.97 Å². The third kappa shape index (κ3) is 4.71. The SMILES string of the molecule is C1=CC(c2nc(-c3ccccc3)cc(-c3ccccc3)n2)CC(C2=CC=C(n3c4ccccc4c4ccncc43)CC2)=C1. The molecule has 8 rings (SSSR count). The van der Waals surface area contributed by atoms with Gasteiger partial charge < -0.3 is 4.57 Å². The predicted molar refractivity (Wildman–Crippen MR) is 176 cm³/mol. The largest absolute Gasteiger partial charge is 0.311 e. The molecule has 0 bridgehead atoms. The second kappa shape index (κ2) is 10.8. The van der Waals surface area contributed by atoms with E-state index in [1.165, 1.54) is 33.1 Å². The van der Waals surface area contributed by atoms with Crippen molar-refractivity contribution in [1.29, 1.82) is 0 Å². The number of hydrogen-bond acceptors (Lipinski definition) is 3. The fourth-order valence-electron chi connectivity index (χ4n) is 6.45. The smallest absolute Gasteiger partial charge is 0.136 e. The highest BCUT2D eigenvalue weighted by Crippen LogP contribution is 2.38. The topological polar surface area (TPSA) is 43.6 Å². The monoisotopic (exact) mass is 554 g/mol. The van der Waals surface area contributed by atoms with Gasteiger partial charge in [-0.15, -0.1) is 0 Å². The molecule has 1 atom stereocenters. The van der Waals surface area contributed by atoms with E-state index in [9.17, 15) is 0 Å². The lowest BCUT2D eigenvalue weighted by atomic mass is 9.85. The van der Waals surface area contributed by atoms with Crippen LogP contribution in [0.4, 0.5) is 0 Å². The molecule has 206 valence electrons. The molecule has 2 aliphatic carbocycles. The van der Waals surface area contributed by atoms with Crippen molar-refractivity contribution in [1.82, 2.24) is 19.5 Å². The van der Waals surface area contributed by atoms with E-state index in [0.29, 0.717) is 0 Å². The number of pyridine rings is 1. The van der Waals surface area contributed by atoms with Crippen molar-refractivity contribution in [3.63, 3.8) is 0 Å². The highest BCUT2D eigenvalue weighted by molar-refractivity contribution is 6.09. The molecule has 0 spiro atoms. The van der Waals surface area contributed by atoms with Crippen molar-refractivity contribution in [2.45, 2.75) is 25.2 Å². The van der Waals surface area contributed by atoms with Crippen molar-refractivity contribution in [2.75, 3.05) is 0 Å². The Morgan fingerprint density at radius 2 is 1.33 bits per heavy atom. The maximum Gasteiger partial charge on any atom is 0.136 e. The minimum atomic E-state index is 0.112. The zero-order valence-corrected chi connectivity index (χ0v) is 23.8. The van der Waals surface area contributed by atoms with Crippen molar-refractivity contribution in [3.8, 4) is 22.5 Å². The maximum atomic E-state index is 5.11. The number of hydrogen-bond donors (Lipinski definition) is 0. The van der Waals surface area contributed by atoms with Gasteiger partial charge in [-0.3, -0.25) is 4.98 Å². The minimum absolute atomic E-state index is 0.112. The van der Waals surface area contributed by atoms with Gasteiger partial charge in [0.2, 0.25) is 0 Å². The Morgan fingerprint density at radius 1 is 0.628 bits per heavy atom. The van der Waals surface area contributed by atoms with Crippen molar-refractivity contribution >= 4 is 27.5 Å². The van der Waals surface area contributed by atoms with Gasteiger partial charge in [0.05, 0.1) is 28.6 Å². The molecule has 3 heterocycles. The summed E-state index contributed by atoms with van der Waals surface area (Å²) < 4.78 is 2.39. The van der Waals surface area contributed by atoms with Crippen molar-refractivity contribution in [2.24, 2.45) is 0 Å². The zero-order chi connectivity index (χ0) is 28.6. The normalized spacial score (nSPS) is 16.7. The quantitative estimate of drug-likeness (QED) is 0.213. The Kier molecular flexibility index (Phi) is 6.38. The Hall–Kier alpha value is -5.35. The van der Waals surface area contributed by atoms with E-state index in [1.807, 2.05) is 24.5 Å². The molecule has 4 nitrogen and oxygen atoms in total. The number of fused-ring (bicyclic) bond motifs is 3. The summed E-state index contributed by atoms with van der Waals surface area (Å²) >= 11 is 0. The van der Waals surface area contributed by atoms with Gasteiger partial charge in [0.15, 0.2) is 0 Å². The Bertz CT molecular complexity index is 1980. The average Bonchev–Trinajstić information content (AvgIpc) is 3.43. The van der Waals surface area contributed by atoms with Gasteiger partial charge >= 0.3 is 0 Å². The highest BCUT2D eigenvalue weighted by atomic mass is 15.0. The van der Waals surface area contributed by atoms with Gasteiger partial charge in [-0.1, -0.05) is 103 Å². The van der Waals surface area contributed by atoms with Crippen LogP contribution in [0.25, 0.3) is 50.0 Å². The number of allylic oxidation sites excluding steroid dienone is 8. The summed E-state index contributed by atoms with van der Waals surface area (Å²) in [5.41, 5.74) is 10.6. The van der Waals surface area contributed by atoms with Crippen LogP contribution in [-0.4, -0.2) is 19.5 Å². The molecule has 0 saturated carbocycles. The standard InChI is InChI=1S/C39H30N4/c1-3-10-28(11-4-1)35-25-36(29-12-5-2-6-13-29)42-39(41-35)31-15-9-14-30(24-31)27-18-20-32(21-19-27)43-37-17-8-7-16-33(37)34-22-23-40-26-38(34)43/h1-18,20,22-23,25-26,31H,19,21,24H2. The molecule has 2 aliphatic rings. The van der Waals surface area contributed by atoms with Crippen LogP contribution in [-0.2, 0) is 0 Å². The van der Waals surface area contributed by atoms with Crippen LogP contribution in [0.2, 0.25) is 0 Å². The molecule has 0 N–H and O–H groups in total. The number of aromatic nitrogens is 4. The first-order chi connectivity index (χ1) is 21.3. The van der Waals surface area contributed by atoms with Crippen LogP contribution in [0.5, 0.6) is 0 Å². The Balaban J connectivity index is 1.12. The lowest BCUT2D eigenvalue weighted by molar-refractivity contribution is 0.743. The summed E-state index contributed by atoms with van der Waals surface area (Å²) in [6.45, 7) is 0. The van der Waals surface area contributed by atoms with Gasteiger partial charge in [-0.05, 0) is 54.7 Å². The van der Waals surface area contributed by atoms with Gasteiger partial charge in [0.25, 0.3) is 0 Å². The summed E-state index contributed by atoms with van der Waals surface area (Å²) in [5, 5.41) is 2.52. The first kappa shape index (κ1) is 25.4. The van der Waals surface area contributed by atoms with Gasteiger partial charge in [0, 0.05) is 39.7 Å². The molecule has 0 fully saturated rings. The van der Waals surface area contributed by atoms with Crippen LogP contribution < -0.4 is 0 Å². The average molecular weight is 555 g/mol. The lowest BCUT2D eigenvalue weighted by Gasteiger charge is -2.23. The van der Waals surface area contributed by atoms with E-state index < -0.39 is 0 Å². The van der Waals surface area contributed by atoms with Crippen LogP contribution in [0.3, 0.4) is 0 Å². The summed E-state index contributed by atoms with van der Waals surface area (Å²) in [6, 6.07) is 33.7. The van der Waals surface area contributed by atoms with Crippen LogP contribution in [0.15, 0.2) is 151 Å². The molecule has 1 unspecified atom stereocenters. The summed E-state index contributed by atoms with van der Waals surface area (Å²) in [6.07, 6.45) is 18.0. The fourth-order valence-corrected chi connectivity index (χ4v) is 6.45. The number of para-hydroxylation sites is 1. The molecule has 0 amide bonds. The Morgan fingerprint density at radius 3 is 2.05 bits per heavy atom. The van der Waals surface area contributed by atoms with Crippen molar-refractivity contribution in [3.05, 3.63) is 157 Å². The van der Waals surface area contributed by atoms with E-state index in [-0.39, 0.29) is 5.92 Å². The summed E-state index contributed by atoms with van der Waals surface area (Å²) in [4.78, 5) is 14.7. The summed E-state index contributed by atoms with van der Waals surface area (Å²) in [7, 11) is 0. The predicted octanol–water partition coefficient (Wildman–Crippen LogP) is 9.54. The number of benzene rings is 3. The first-order valence-corrected chi connectivity index (χ1v) is 14.9. The molecule has 0 saturated heterocycles. The molecule has 4 heteroatoms. The molecule has 6 aromatic rings. The molecular weight excluding hydrogens is 524 g/mol. The van der Waals surface area contributed by atoms with Crippen LogP contribution in [0.1, 0.15) is 31.0 Å². The van der Waals surface area contributed by atoms with E-state index >= 15 is 0 Å². The molecule has 0 radical (unpaired) electrons. The van der Waals surface area contributed by atoms with Crippen LogP contribution in [0, 0.1) is 0 Å². The van der Waals surface area contributed by atoms with Crippen molar-refractivity contribution < 1.29 is 0 Å². The number of rotatable bonds is 5. The van der Waals surface area contributed by atoms with Gasteiger partial charge in [-0.2, -0.15) is 0 Å². The third-order valence-electron chi connectivity index (χ3n) is 8.60. The van der Waals surface area contributed by atoms with E-state index in [1.54, 1.807) is 0 Å². The van der Waals surface area contributed by atoms with Gasteiger partial charge in [-0.25, -0.2) is 9.97 Å². The fraction of sp³-hybridized carbons (Fsp3) is 0.103. The highest BCUT2D eigenvalue weighted by Gasteiger charge is 2.22. The Labute approximate surface area is 251 Å². The third-order valence-corrected chi connectivity index (χ3v) is 8.60. The molecule has 43 heavy (non-hydrogen) atoms. The van der Waals surface area contributed by atoms with Gasteiger partial charge in [0.1, 0.15) is 5.82 Å². The molecular formula is C39H30N4. The lowest BCUT2D eigenvalue weighted by Crippen LogP contribution is -2.10. The van der Waals surface area contributed by atoms with E-state index in [0.717, 1.165) is 53.1 Å². The molecule has 3 aromatic carbocycles. The molecule has 3 aromatic heterocycles. The molecule has 0 aliphatic heterocycles. The minimum Gasteiger partial charge on any atom is -0.311 e. The summed E-state index contributed by atoms with van der Waals surface area (Å²) in [5.74, 6) is 0.980. The second-order valence-corrected chi connectivity index (χ2v) is 11.2. The first-order valence-electron chi connectivity index (χ1n) is 14.9. The number of nitrogens with zero attached hydrogens (tertiary/aromatic N) is 4. The van der Waals surface area contributed by atoms with Crippen LogP contribution >= 0.6 is 0 Å². The zero-order valence-electron chi connectivity index (χ0n) is 23.8. The van der Waals surface area contributed by atoms with E-state index in [2.05, 4.69) is 125 Å².